The van der Waals surface area contributed by atoms with Crippen molar-refractivity contribution in [1.29, 1.82) is 0 Å². The molecule has 0 bridgehead atoms. The summed E-state index contributed by atoms with van der Waals surface area (Å²) in [5.41, 5.74) is 0.560. The molecule has 5 heteroatoms. The number of anilines is 1. The number of hydrogen-bond acceptors (Lipinski definition) is 4. The Labute approximate surface area is 101 Å². The van der Waals surface area contributed by atoms with E-state index in [2.05, 4.69) is 10.3 Å². The molecule has 0 aliphatic carbocycles. The maximum absolute atomic E-state index is 11.0. The number of aromatic nitrogens is 1. The summed E-state index contributed by atoms with van der Waals surface area (Å²) >= 11 is 0. The second-order valence-electron chi connectivity index (χ2n) is 4.15. The van der Waals surface area contributed by atoms with Crippen molar-refractivity contribution < 1.29 is 14.6 Å². The topological polar surface area (TPSA) is 71.5 Å². The van der Waals surface area contributed by atoms with Gasteiger partial charge >= 0.3 is 5.97 Å². The second-order valence-corrected chi connectivity index (χ2v) is 4.15. The van der Waals surface area contributed by atoms with Crippen LogP contribution in [-0.2, 0) is 4.74 Å². The van der Waals surface area contributed by atoms with Gasteiger partial charge in [0.1, 0.15) is 0 Å². The summed E-state index contributed by atoms with van der Waals surface area (Å²) in [5.74, 6) is -0.704. The van der Waals surface area contributed by atoms with E-state index in [0.29, 0.717) is 18.2 Å². The van der Waals surface area contributed by atoms with Gasteiger partial charge in [0, 0.05) is 13.3 Å². The molecule has 0 radical (unpaired) electrons. The first kappa shape index (κ1) is 13.4. The van der Waals surface area contributed by atoms with Gasteiger partial charge in [0.25, 0.3) is 0 Å². The fourth-order valence-corrected chi connectivity index (χ4v) is 1.47. The highest BCUT2D eigenvalue weighted by Crippen LogP contribution is 2.16. The van der Waals surface area contributed by atoms with Crippen LogP contribution in [0.3, 0.4) is 0 Å². The smallest absolute Gasteiger partial charge is 0.356 e. The molecule has 0 fully saturated rings. The van der Waals surface area contributed by atoms with Crippen LogP contribution in [0.5, 0.6) is 0 Å². The van der Waals surface area contributed by atoms with E-state index in [1.807, 2.05) is 13.8 Å². The first-order valence-electron chi connectivity index (χ1n) is 5.50. The van der Waals surface area contributed by atoms with Gasteiger partial charge in [0.2, 0.25) is 0 Å². The van der Waals surface area contributed by atoms with Crippen molar-refractivity contribution in [2.24, 2.45) is 5.92 Å². The number of rotatable bonds is 6. The molecule has 0 saturated heterocycles. The van der Waals surface area contributed by atoms with E-state index in [4.69, 9.17) is 9.84 Å². The highest BCUT2D eigenvalue weighted by Gasteiger charge is 2.17. The average molecular weight is 238 g/mol. The van der Waals surface area contributed by atoms with Gasteiger partial charge in [0.15, 0.2) is 5.69 Å². The van der Waals surface area contributed by atoms with E-state index in [-0.39, 0.29) is 11.7 Å². The number of nitrogens with zero attached hydrogens (tertiary/aromatic N) is 1. The van der Waals surface area contributed by atoms with Gasteiger partial charge < -0.3 is 15.2 Å². The molecule has 1 heterocycles. The zero-order valence-corrected chi connectivity index (χ0v) is 10.3. The van der Waals surface area contributed by atoms with Gasteiger partial charge in [-0.1, -0.05) is 13.8 Å². The monoisotopic (exact) mass is 238 g/mol. The third-order valence-electron chi connectivity index (χ3n) is 2.50. The average Bonchev–Trinajstić information content (AvgIpc) is 2.28. The highest BCUT2D eigenvalue weighted by molar-refractivity contribution is 5.91. The van der Waals surface area contributed by atoms with Gasteiger partial charge in [-0.3, -0.25) is 0 Å². The van der Waals surface area contributed by atoms with Gasteiger partial charge in [0.05, 0.1) is 18.3 Å². The quantitative estimate of drug-likeness (QED) is 0.791. The van der Waals surface area contributed by atoms with E-state index in [9.17, 15) is 4.79 Å². The van der Waals surface area contributed by atoms with Gasteiger partial charge in [-0.05, 0) is 18.1 Å². The molecule has 0 aromatic carbocycles. The lowest BCUT2D eigenvalue weighted by atomic mass is 10.0. The fraction of sp³-hybridized carbons (Fsp3) is 0.500. The zero-order valence-electron chi connectivity index (χ0n) is 10.3. The molecule has 1 unspecified atom stereocenters. The molecule has 1 rings (SSSR count). The predicted octanol–water partition coefficient (Wildman–Crippen LogP) is 1.86. The summed E-state index contributed by atoms with van der Waals surface area (Å²) in [5, 5.41) is 12.2. The minimum Gasteiger partial charge on any atom is -0.476 e. The number of carboxylic acid groups (broad SMARTS) is 1. The Hall–Kier alpha value is -1.62. The zero-order chi connectivity index (χ0) is 12.8. The van der Waals surface area contributed by atoms with E-state index >= 15 is 0 Å². The Morgan fingerprint density at radius 2 is 2.29 bits per heavy atom. The first-order chi connectivity index (χ1) is 8.06. The van der Waals surface area contributed by atoms with E-state index < -0.39 is 5.97 Å². The van der Waals surface area contributed by atoms with E-state index in [1.54, 1.807) is 19.2 Å². The Balaban J connectivity index is 2.88. The number of methoxy groups -OCH3 is 1. The Kier molecular flexibility index (Phi) is 4.90. The Morgan fingerprint density at radius 1 is 1.59 bits per heavy atom. The van der Waals surface area contributed by atoms with Crippen molar-refractivity contribution in [1.82, 2.24) is 4.98 Å². The normalized spacial score (nSPS) is 12.5. The predicted molar refractivity (Wildman–Crippen MR) is 65.3 cm³/mol. The summed E-state index contributed by atoms with van der Waals surface area (Å²) in [6.07, 6.45) is 1.47. The van der Waals surface area contributed by atoms with Gasteiger partial charge in [-0.15, -0.1) is 0 Å². The summed E-state index contributed by atoms with van der Waals surface area (Å²) in [6, 6.07) is 3.47. The molecule has 0 aliphatic heterocycles. The molecule has 2 N–H and O–H groups in total. The van der Waals surface area contributed by atoms with Crippen LogP contribution in [0.4, 0.5) is 5.69 Å². The van der Waals surface area contributed by atoms with Crippen molar-refractivity contribution in [3.05, 3.63) is 24.0 Å². The lowest BCUT2D eigenvalue weighted by Crippen LogP contribution is -2.31. The molecule has 5 nitrogen and oxygen atoms in total. The molecular weight excluding hydrogens is 220 g/mol. The second kappa shape index (κ2) is 6.20. The number of pyridine rings is 1. The number of hydrogen-bond donors (Lipinski definition) is 2. The Morgan fingerprint density at radius 3 is 2.82 bits per heavy atom. The van der Waals surface area contributed by atoms with Crippen LogP contribution >= 0.6 is 0 Å². The van der Waals surface area contributed by atoms with Crippen LogP contribution in [0, 0.1) is 5.92 Å². The molecular formula is C12H18N2O3. The summed E-state index contributed by atoms with van der Waals surface area (Å²) in [4.78, 5) is 14.8. The number of aromatic carboxylic acids is 1. The minimum atomic E-state index is -1.03. The van der Waals surface area contributed by atoms with Crippen LogP contribution in [0.2, 0.25) is 0 Å². The fourth-order valence-electron chi connectivity index (χ4n) is 1.47. The standard InChI is InChI=1S/C12H18N2O3/c1-8(2)10(7-17-3)14-9-5-4-6-13-11(9)12(15)16/h4-6,8,10,14H,7H2,1-3H3,(H,15,16). The molecule has 1 atom stereocenters. The maximum atomic E-state index is 11.0. The van der Waals surface area contributed by atoms with Gasteiger partial charge in [-0.25, -0.2) is 9.78 Å². The molecule has 0 spiro atoms. The van der Waals surface area contributed by atoms with Crippen LogP contribution in [0.15, 0.2) is 18.3 Å². The summed E-state index contributed by atoms with van der Waals surface area (Å²) in [7, 11) is 1.62. The lowest BCUT2D eigenvalue weighted by Gasteiger charge is -2.23. The molecule has 0 aliphatic rings. The van der Waals surface area contributed by atoms with E-state index in [0.717, 1.165) is 0 Å². The summed E-state index contributed by atoms with van der Waals surface area (Å²) in [6.45, 7) is 4.62. The maximum Gasteiger partial charge on any atom is 0.356 e. The van der Waals surface area contributed by atoms with Crippen LogP contribution in [0.1, 0.15) is 24.3 Å². The van der Waals surface area contributed by atoms with Crippen LogP contribution in [-0.4, -0.2) is 35.8 Å². The van der Waals surface area contributed by atoms with Crippen molar-refractivity contribution in [3.8, 4) is 0 Å². The molecule has 94 valence electrons. The van der Waals surface area contributed by atoms with E-state index in [1.165, 1.54) is 6.20 Å². The Bertz CT molecular complexity index is 380. The molecule has 0 amide bonds. The third-order valence-corrected chi connectivity index (χ3v) is 2.50. The number of ether oxygens (including phenoxy) is 1. The van der Waals surface area contributed by atoms with Gasteiger partial charge in [-0.2, -0.15) is 0 Å². The number of carboxylic acids is 1. The van der Waals surface area contributed by atoms with Crippen molar-refractivity contribution in [2.45, 2.75) is 19.9 Å². The number of nitrogens with one attached hydrogen (secondary N) is 1. The largest absolute Gasteiger partial charge is 0.476 e. The lowest BCUT2D eigenvalue weighted by molar-refractivity contribution is 0.0691. The van der Waals surface area contributed by atoms with Crippen molar-refractivity contribution >= 4 is 11.7 Å². The first-order valence-corrected chi connectivity index (χ1v) is 5.50. The highest BCUT2D eigenvalue weighted by atomic mass is 16.5. The number of carbonyl (C=O) groups is 1. The molecule has 17 heavy (non-hydrogen) atoms. The SMILES string of the molecule is COCC(Nc1cccnc1C(=O)O)C(C)C. The molecule has 0 saturated carbocycles. The summed E-state index contributed by atoms with van der Waals surface area (Å²) < 4.78 is 5.11. The minimum absolute atomic E-state index is 0.0363. The van der Waals surface area contributed by atoms with Crippen LogP contribution in [0.25, 0.3) is 0 Å². The van der Waals surface area contributed by atoms with Crippen LogP contribution < -0.4 is 5.32 Å². The van der Waals surface area contributed by atoms with Crippen molar-refractivity contribution in [2.75, 3.05) is 19.0 Å². The third kappa shape index (κ3) is 3.71. The molecule has 1 aromatic rings. The molecule has 1 aromatic heterocycles. The van der Waals surface area contributed by atoms with Crippen molar-refractivity contribution in [3.63, 3.8) is 0 Å².